The highest BCUT2D eigenvalue weighted by Gasteiger charge is 2.32. The van der Waals surface area contributed by atoms with Crippen molar-refractivity contribution in [1.29, 1.82) is 0 Å². The average Bonchev–Trinajstić information content (AvgIpc) is 2.08. The summed E-state index contributed by atoms with van der Waals surface area (Å²) in [5, 5.41) is 0. The number of ether oxygens (including phenoxy) is 2. The van der Waals surface area contributed by atoms with Gasteiger partial charge >= 0.3 is 6.36 Å². The molecule has 0 heterocycles. The van der Waals surface area contributed by atoms with E-state index in [-0.39, 0.29) is 11.5 Å². The molecule has 0 spiro atoms. The van der Waals surface area contributed by atoms with Gasteiger partial charge in [0.2, 0.25) is 0 Å². The molecular formula is C10H11F3O2. The number of aryl methyl sites for hydroxylation is 2. The quantitative estimate of drug-likeness (QED) is 0.761. The molecular weight excluding hydrogens is 209 g/mol. The van der Waals surface area contributed by atoms with Crippen molar-refractivity contribution < 1.29 is 22.6 Å². The van der Waals surface area contributed by atoms with Gasteiger partial charge in [0.15, 0.2) is 11.5 Å². The molecule has 0 aliphatic rings. The van der Waals surface area contributed by atoms with Crippen LogP contribution < -0.4 is 9.47 Å². The number of hydrogen-bond donors (Lipinski definition) is 0. The topological polar surface area (TPSA) is 18.5 Å². The van der Waals surface area contributed by atoms with E-state index in [9.17, 15) is 13.2 Å². The maximum absolute atomic E-state index is 12.0. The van der Waals surface area contributed by atoms with Crippen LogP contribution >= 0.6 is 0 Å². The monoisotopic (exact) mass is 220 g/mol. The first-order valence-corrected chi connectivity index (χ1v) is 4.24. The summed E-state index contributed by atoms with van der Waals surface area (Å²) in [6.45, 7) is 3.49. The Morgan fingerprint density at radius 2 is 1.47 bits per heavy atom. The van der Waals surface area contributed by atoms with Crippen LogP contribution in [0.2, 0.25) is 0 Å². The fourth-order valence-corrected chi connectivity index (χ4v) is 1.13. The van der Waals surface area contributed by atoms with Gasteiger partial charge in [-0.3, -0.25) is 0 Å². The fraction of sp³-hybridized carbons (Fsp3) is 0.400. The predicted molar refractivity (Wildman–Crippen MR) is 49.2 cm³/mol. The molecule has 1 aromatic carbocycles. The molecule has 0 radical (unpaired) electrons. The van der Waals surface area contributed by atoms with E-state index in [0.29, 0.717) is 0 Å². The van der Waals surface area contributed by atoms with Crippen molar-refractivity contribution in [2.75, 3.05) is 7.11 Å². The van der Waals surface area contributed by atoms with E-state index in [4.69, 9.17) is 4.74 Å². The second kappa shape index (κ2) is 4.00. The van der Waals surface area contributed by atoms with E-state index < -0.39 is 6.36 Å². The molecule has 0 aliphatic heterocycles. The smallest absolute Gasteiger partial charge is 0.493 e. The molecule has 5 heteroatoms. The van der Waals surface area contributed by atoms with E-state index in [0.717, 1.165) is 11.1 Å². The fourth-order valence-electron chi connectivity index (χ4n) is 1.13. The molecule has 84 valence electrons. The number of alkyl halides is 3. The van der Waals surface area contributed by atoms with Crippen molar-refractivity contribution in [1.82, 2.24) is 0 Å². The van der Waals surface area contributed by atoms with Crippen LogP contribution in [0.15, 0.2) is 12.1 Å². The normalized spacial score (nSPS) is 11.3. The number of benzene rings is 1. The lowest BCUT2D eigenvalue weighted by atomic mass is 10.1. The zero-order valence-corrected chi connectivity index (χ0v) is 8.61. The van der Waals surface area contributed by atoms with Gasteiger partial charge < -0.3 is 9.47 Å². The van der Waals surface area contributed by atoms with E-state index in [1.807, 2.05) is 0 Å². The summed E-state index contributed by atoms with van der Waals surface area (Å²) in [4.78, 5) is 0. The first-order chi connectivity index (χ1) is 6.83. The lowest BCUT2D eigenvalue weighted by Gasteiger charge is -2.14. The molecule has 15 heavy (non-hydrogen) atoms. The molecule has 0 unspecified atom stereocenters. The minimum Gasteiger partial charge on any atom is -0.493 e. The maximum Gasteiger partial charge on any atom is 0.573 e. The Labute approximate surface area is 85.6 Å². The van der Waals surface area contributed by atoms with Gasteiger partial charge in [0.1, 0.15) is 0 Å². The van der Waals surface area contributed by atoms with Gasteiger partial charge in [-0.25, -0.2) is 0 Å². The molecule has 0 saturated carbocycles. The predicted octanol–water partition coefficient (Wildman–Crippen LogP) is 3.21. The van der Waals surface area contributed by atoms with E-state index in [1.54, 1.807) is 13.8 Å². The van der Waals surface area contributed by atoms with Crippen molar-refractivity contribution in [3.05, 3.63) is 23.3 Å². The summed E-state index contributed by atoms with van der Waals surface area (Å²) in [7, 11) is 1.30. The summed E-state index contributed by atoms with van der Waals surface area (Å²) in [5.74, 6) is -0.233. The number of halogens is 3. The number of methoxy groups -OCH3 is 1. The summed E-state index contributed by atoms with van der Waals surface area (Å²) in [6.07, 6.45) is -4.70. The molecule has 2 nitrogen and oxygen atoms in total. The van der Waals surface area contributed by atoms with Crippen molar-refractivity contribution in [2.45, 2.75) is 20.2 Å². The zero-order valence-electron chi connectivity index (χ0n) is 8.61. The van der Waals surface area contributed by atoms with Gasteiger partial charge in [-0.05, 0) is 37.1 Å². The Morgan fingerprint density at radius 1 is 1.00 bits per heavy atom. The van der Waals surface area contributed by atoms with Crippen molar-refractivity contribution in [3.8, 4) is 11.5 Å². The van der Waals surface area contributed by atoms with Gasteiger partial charge in [-0.1, -0.05) is 0 Å². The molecule has 0 bridgehead atoms. The van der Waals surface area contributed by atoms with Gasteiger partial charge in [0.05, 0.1) is 7.11 Å². The summed E-state index contributed by atoms with van der Waals surface area (Å²) < 4.78 is 44.7. The van der Waals surface area contributed by atoms with E-state index >= 15 is 0 Å². The Kier molecular flexibility index (Phi) is 3.12. The van der Waals surface area contributed by atoms with Crippen LogP contribution in [0.1, 0.15) is 11.1 Å². The van der Waals surface area contributed by atoms with E-state index in [2.05, 4.69) is 4.74 Å². The Morgan fingerprint density at radius 3 is 1.87 bits per heavy atom. The molecule has 0 aromatic heterocycles. The third-order valence-electron chi connectivity index (χ3n) is 2.01. The highest BCUT2D eigenvalue weighted by molar-refractivity contribution is 5.46. The Hall–Kier alpha value is -1.39. The summed E-state index contributed by atoms with van der Waals surface area (Å²) in [5.41, 5.74) is 1.57. The standard InChI is InChI=1S/C10H11F3O2/c1-6-4-8(14-3)9(5-7(6)2)15-10(11,12)13/h4-5H,1-3H3. The first-order valence-electron chi connectivity index (χ1n) is 4.24. The van der Waals surface area contributed by atoms with Crippen LogP contribution in [0.5, 0.6) is 11.5 Å². The lowest BCUT2D eigenvalue weighted by Crippen LogP contribution is -2.17. The van der Waals surface area contributed by atoms with Crippen molar-refractivity contribution in [3.63, 3.8) is 0 Å². The molecule has 1 rings (SSSR count). The minimum atomic E-state index is -4.70. The molecule has 0 amide bonds. The van der Waals surface area contributed by atoms with Crippen molar-refractivity contribution in [2.24, 2.45) is 0 Å². The van der Waals surface area contributed by atoms with Gasteiger partial charge in [-0.15, -0.1) is 13.2 Å². The van der Waals surface area contributed by atoms with E-state index in [1.165, 1.54) is 19.2 Å². The third kappa shape index (κ3) is 3.04. The van der Waals surface area contributed by atoms with Crippen LogP contribution in [0, 0.1) is 13.8 Å². The Bertz CT molecular complexity index is 358. The zero-order chi connectivity index (χ0) is 11.6. The Balaban J connectivity index is 3.11. The van der Waals surface area contributed by atoms with Crippen LogP contribution in [-0.4, -0.2) is 13.5 Å². The maximum atomic E-state index is 12.0. The third-order valence-corrected chi connectivity index (χ3v) is 2.01. The summed E-state index contributed by atoms with van der Waals surface area (Å²) >= 11 is 0. The van der Waals surface area contributed by atoms with Crippen molar-refractivity contribution >= 4 is 0 Å². The van der Waals surface area contributed by atoms with Crippen LogP contribution in [0.4, 0.5) is 13.2 Å². The second-order valence-electron chi connectivity index (χ2n) is 3.14. The molecule has 0 atom stereocenters. The molecule has 0 fully saturated rings. The average molecular weight is 220 g/mol. The molecule has 0 saturated heterocycles. The number of rotatable bonds is 2. The molecule has 0 N–H and O–H groups in total. The van der Waals surface area contributed by atoms with Crippen LogP contribution in [0.25, 0.3) is 0 Å². The second-order valence-corrected chi connectivity index (χ2v) is 3.14. The number of hydrogen-bond acceptors (Lipinski definition) is 2. The molecule has 1 aromatic rings. The van der Waals surface area contributed by atoms with Gasteiger partial charge in [0, 0.05) is 0 Å². The highest BCUT2D eigenvalue weighted by atomic mass is 19.4. The highest BCUT2D eigenvalue weighted by Crippen LogP contribution is 2.34. The lowest BCUT2D eigenvalue weighted by molar-refractivity contribution is -0.275. The summed E-state index contributed by atoms with van der Waals surface area (Å²) in [6, 6.07) is 2.82. The minimum absolute atomic E-state index is 0.0791. The largest absolute Gasteiger partial charge is 0.573 e. The van der Waals surface area contributed by atoms with Gasteiger partial charge in [0.25, 0.3) is 0 Å². The SMILES string of the molecule is COc1cc(C)c(C)cc1OC(F)(F)F. The van der Waals surface area contributed by atoms with Crippen LogP contribution in [0.3, 0.4) is 0 Å². The first kappa shape index (κ1) is 11.7. The molecule has 0 aliphatic carbocycles. The van der Waals surface area contributed by atoms with Gasteiger partial charge in [-0.2, -0.15) is 0 Å². The van der Waals surface area contributed by atoms with Crippen LogP contribution in [-0.2, 0) is 0 Å².